The van der Waals surface area contributed by atoms with Crippen molar-refractivity contribution in [2.24, 2.45) is 0 Å². The molecule has 26 heavy (non-hydrogen) atoms. The van der Waals surface area contributed by atoms with Crippen LogP contribution in [0.5, 0.6) is 0 Å². The monoisotopic (exact) mass is 352 g/mol. The number of hydrogen-bond donors (Lipinski definition) is 2. The third-order valence-corrected chi connectivity index (χ3v) is 3.35. The van der Waals surface area contributed by atoms with E-state index in [0.717, 1.165) is 5.56 Å². The first-order valence-corrected chi connectivity index (χ1v) is 8.06. The van der Waals surface area contributed by atoms with Crippen molar-refractivity contribution in [2.45, 2.75) is 20.0 Å². The molecule has 2 amide bonds. The minimum atomic E-state index is -0.946. The predicted octanol–water partition coefficient (Wildman–Crippen LogP) is 3.23. The lowest BCUT2D eigenvalue weighted by Gasteiger charge is -2.12. The van der Waals surface area contributed by atoms with Gasteiger partial charge in [-0.1, -0.05) is 30.3 Å². The summed E-state index contributed by atoms with van der Waals surface area (Å²) >= 11 is 0. The van der Waals surface area contributed by atoms with Gasteiger partial charge in [0.05, 0.1) is 0 Å². The first-order chi connectivity index (χ1) is 12.4. The van der Waals surface area contributed by atoms with Crippen LogP contribution in [-0.2, 0) is 19.1 Å². The minimum absolute atomic E-state index is 0.175. The summed E-state index contributed by atoms with van der Waals surface area (Å²) < 4.78 is 5.09. The molecule has 0 unspecified atom stereocenters. The van der Waals surface area contributed by atoms with Crippen molar-refractivity contribution in [3.05, 3.63) is 66.2 Å². The molecular formula is C20H20N2O4. The molecule has 0 aromatic heterocycles. The van der Waals surface area contributed by atoms with Gasteiger partial charge in [-0.05, 0) is 42.8 Å². The van der Waals surface area contributed by atoms with E-state index < -0.39 is 18.0 Å². The second-order valence-corrected chi connectivity index (χ2v) is 5.57. The van der Waals surface area contributed by atoms with Crippen molar-refractivity contribution in [1.29, 1.82) is 0 Å². The summed E-state index contributed by atoms with van der Waals surface area (Å²) in [6.07, 6.45) is 1.95. The largest absolute Gasteiger partial charge is 0.449 e. The maximum Gasteiger partial charge on any atom is 0.331 e. The Hall–Kier alpha value is -3.41. The smallest absolute Gasteiger partial charge is 0.331 e. The summed E-state index contributed by atoms with van der Waals surface area (Å²) in [6.45, 7) is 2.91. The molecule has 0 fully saturated rings. The first kappa shape index (κ1) is 18.9. The van der Waals surface area contributed by atoms with Gasteiger partial charge in [0.2, 0.25) is 5.91 Å². The van der Waals surface area contributed by atoms with E-state index in [1.54, 1.807) is 30.3 Å². The Morgan fingerprint density at radius 3 is 2.08 bits per heavy atom. The van der Waals surface area contributed by atoms with E-state index in [1.807, 2.05) is 30.3 Å². The summed E-state index contributed by atoms with van der Waals surface area (Å²) in [5, 5.41) is 5.28. The van der Waals surface area contributed by atoms with E-state index >= 15 is 0 Å². The third kappa shape index (κ3) is 6.24. The van der Waals surface area contributed by atoms with Gasteiger partial charge in [-0.25, -0.2) is 4.79 Å². The Balaban J connectivity index is 1.85. The van der Waals surface area contributed by atoms with Crippen LogP contribution in [0.2, 0.25) is 0 Å². The lowest BCUT2D eigenvalue weighted by atomic mass is 10.2. The maximum atomic E-state index is 12.1. The van der Waals surface area contributed by atoms with Crippen LogP contribution in [0.25, 0.3) is 6.08 Å². The molecule has 2 rings (SSSR count). The number of benzene rings is 2. The van der Waals surface area contributed by atoms with Crippen LogP contribution in [0.4, 0.5) is 11.4 Å². The quantitative estimate of drug-likeness (QED) is 0.617. The topological polar surface area (TPSA) is 84.5 Å². The lowest BCUT2D eigenvalue weighted by molar-refractivity contribution is -0.148. The van der Waals surface area contributed by atoms with Gasteiger partial charge >= 0.3 is 5.97 Å². The first-order valence-electron chi connectivity index (χ1n) is 8.06. The van der Waals surface area contributed by atoms with Crippen molar-refractivity contribution >= 4 is 35.2 Å². The van der Waals surface area contributed by atoms with Crippen molar-refractivity contribution in [1.82, 2.24) is 0 Å². The van der Waals surface area contributed by atoms with Crippen LogP contribution in [0.3, 0.4) is 0 Å². The van der Waals surface area contributed by atoms with Gasteiger partial charge in [0.15, 0.2) is 6.10 Å². The molecule has 0 saturated heterocycles. The lowest BCUT2D eigenvalue weighted by Crippen LogP contribution is -2.29. The fourth-order valence-corrected chi connectivity index (χ4v) is 2.08. The molecule has 0 aliphatic carbocycles. The molecule has 1 atom stereocenters. The van der Waals surface area contributed by atoms with Crippen LogP contribution < -0.4 is 10.6 Å². The molecule has 2 aromatic carbocycles. The normalized spacial score (nSPS) is 11.6. The molecule has 6 heteroatoms. The zero-order valence-electron chi connectivity index (χ0n) is 14.6. The summed E-state index contributed by atoms with van der Waals surface area (Å²) in [6, 6.07) is 15.9. The number of rotatable bonds is 6. The van der Waals surface area contributed by atoms with Gasteiger partial charge < -0.3 is 15.4 Å². The third-order valence-electron chi connectivity index (χ3n) is 3.35. The maximum absolute atomic E-state index is 12.1. The highest BCUT2D eigenvalue weighted by Crippen LogP contribution is 2.14. The van der Waals surface area contributed by atoms with Crippen LogP contribution >= 0.6 is 0 Å². The summed E-state index contributed by atoms with van der Waals surface area (Å²) in [7, 11) is 0. The van der Waals surface area contributed by atoms with Crippen molar-refractivity contribution in [3.63, 3.8) is 0 Å². The molecule has 0 saturated carbocycles. The van der Waals surface area contributed by atoms with E-state index in [9.17, 15) is 14.4 Å². The fourth-order valence-electron chi connectivity index (χ4n) is 2.08. The molecular weight excluding hydrogens is 332 g/mol. The SMILES string of the molecule is CC(=O)Nc1ccc(NC(=O)[C@H](C)OC(=O)/C=C/c2ccccc2)cc1. The molecule has 6 nitrogen and oxygen atoms in total. The summed E-state index contributed by atoms with van der Waals surface area (Å²) in [5.74, 6) is -1.22. The molecule has 0 heterocycles. The highest BCUT2D eigenvalue weighted by molar-refractivity contribution is 5.97. The standard InChI is InChI=1S/C20H20N2O4/c1-14(26-19(24)13-8-16-6-4-3-5-7-16)20(25)22-18-11-9-17(10-12-18)21-15(2)23/h3-14H,1-2H3,(H,21,23)(H,22,25)/b13-8+/t14-/m0/s1. The fraction of sp³-hybridized carbons (Fsp3) is 0.150. The molecule has 0 radical (unpaired) electrons. The molecule has 0 spiro atoms. The van der Waals surface area contributed by atoms with Gasteiger partial charge in [0.25, 0.3) is 5.91 Å². The number of anilines is 2. The minimum Gasteiger partial charge on any atom is -0.449 e. The zero-order valence-corrected chi connectivity index (χ0v) is 14.6. The molecule has 0 bridgehead atoms. The summed E-state index contributed by atoms with van der Waals surface area (Å²) in [5.41, 5.74) is 2.02. The van der Waals surface area contributed by atoms with Crippen molar-refractivity contribution in [2.75, 3.05) is 10.6 Å². The number of hydrogen-bond acceptors (Lipinski definition) is 4. The van der Waals surface area contributed by atoms with Crippen LogP contribution in [0, 0.1) is 0 Å². The average molecular weight is 352 g/mol. The van der Waals surface area contributed by atoms with E-state index in [-0.39, 0.29) is 5.91 Å². The highest BCUT2D eigenvalue weighted by atomic mass is 16.5. The Kier molecular flexibility index (Phi) is 6.68. The molecule has 2 aromatic rings. The molecule has 0 aliphatic heterocycles. The van der Waals surface area contributed by atoms with Gasteiger partial charge in [-0.2, -0.15) is 0 Å². The number of esters is 1. The number of amides is 2. The van der Waals surface area contributed by atoms with E-state index in [1.165, 1.54) is 19.9 Å². The highest BCUT2D eigenvalue weighted by Gasteiger charge is 2.16. The Morgan fingerprint density at radius 2 is 1.50 bits per heavy atom. The molecule has 134 valence electrons. The number of carbonyl (C=O) groups is 3. The van der Waals surface area contributed by atoms with E-state index in [2.05, 4.69) is 10.6 Å². The van der Waals surface area contributed by atoms with Gasteiger partial charge in [-0.15, -0.1) is 0 Å². The summed E-state index contributed by atoms with van der Waals surface area (Å²) in [4.78, 5) is 34.9. The average Bonchev–Trinajstić information content (AvgIpc) is 2.62. The van der Waals surface area contributed by atoms with Crippen LogP contribution in [0.15, 0.2) is 60.7 Å². The van der Waals surface area contributed by atoms with E-state index in [4.69, 9.17) is 4.74 Å². The van der Waals surface area contributed by atoms with Crippen molar-refractivity contribution < 1.29 is 19.1 Å². The number of nitrogens with one attached hydrogen (secondary N) is 2. The van der Waals surface area contributed by atoms with Gasteiger partial charge in [0.1, 0.15) is 0 Å². The van der Waals surface area contributed by atoms with E-state index in [0.29, 0.717) is 11.4 Å². The second-order valence-electron chi connectivity index (χ2n) is 5.57. The van der Waals surface area contributed by atoms with Crippen LogP contribution in [0.1, 0.15) is 19.4 Å². The molecule has 2 N–H and O–H groups in total. The van der Waals surface area contributed by atoms with Gasteiger partial charge in [-0.3, -0.25) is 9.59 Å². The number of ether oxygens (including phenoxy) is 1. The Bertz CT molecular complexity index is 798. The number of carbonyl (C=O) groups excluding carboxylic acids is 3. The van der Waals surface area contributed by atoms with Gasteiger partial charge in [0, 0.05) is 24.4 Å². The Morgan fingerprint density at radius 1 is 0.923 bits per heavy atom. The Labute approximate surface area is 151 Å². The second kappa shape index (κ2) is 9.17. The zero-order chi connectivity index (χ0) is 18.9. The predicted molar refractivity (Wildman–Crippen MR) is 100 cm³/mol. The van der Waals surface area contributed by atoms with Crippen LogP contribution in [-0.4, -0.2) is 23.9 Å². The van der Waals surface area contributed by atoms with Crippen molar-refractivity contribution in [3.8, 4) is 0 Å². The molecule has 0 aliphatic rings.